The van der Waals surface area contributed by atoms with Crippen LogP contribution in [0.5, 0.6) is 0 Å². The summed E-state index contributed by atoms with van der Waals surface area (Å²) in [7, 11) is 3.57. The monoisotopic (exact) mass is 404 g/mol. The molecule has 1 aliphatic heterocycles. The molecule has 156 valence electrons. The van der Waals surface area contributed by atoms with Crippen molar-refractivity contribution in [1.29, 1.82) is 0 Å². The van der Waals surface area contributed by atoms with Crippen LogP contribution in [0.3, 0.4) is 0 Å². The Balaban J connectivity index is 1.47. The van der Waals surface area contributed by atoms with Crippen molar-refractivity contribution in [3.63, 3.8) is 0 Å². The summed E-state index contributed by atoms with van der Waals surface area (Å²) in [6.45, 7) is 4.13. The molecule has 0 N–H and O–H groups in total. The maximum Gasteiger partial charge on any atom is 0.330 e. The summed E-state index contributed by atoms with van der Waals surface area (Å²) >= 11 is 0. The number of benzene rings is 1. The molecule has 1 saturated heterocycles. The van der Waals surface area contributed by atoms with E-state index in [1.807, 2.05) is 23.0 Å². The SMILES string of the molecule is COC(=O)C=Cc1ccc(C2CN(C)CCN2CCc2cnn3ccccc23)cc1. The lowest BCUT2D eigenvalue weighted by Gasteiger charge is -2.40. The zero-order chi connectivity index (χ0) is 20.9. The smallest absolute Gasteiger partial charge is 0.330 e. The molecule has 0 bridgehead atoms. The molecule has 6 heteroatoms. The Morgan fingerprint density at radius 3 is 2.83 bits per heavy atom. The molecule has 3 aromatic rings. The third kappa shape index (κ3) is 4.61. The maximum atomic E-state index is 11.3. The van der Waals surface area contributed by atoms with Gasteiger partial charge in [-0.1, -0.05) is 30.3 Å². The van der Waals surface area contributed by atoms with Gasteiger partial charge in [0, 0.05) is 44.5 Å². The first-order valence-electron chi connectivity index (χ1n) is 10.3. The number of ether oxygens (including phenoxy) is 1. The van der Waals surface area contributed by atoms with Gasteiger partial charge in [-0.25, -0.2) is 9.31 Å². The fourth-order valence-corrected chi connectivity index (χ4v) is 4.05. The topological polar surface area (TPSA) is 50.1 Å². The van der Waals surface area contributed by atoms with Gasteiger partial charge >= 0.3 is 5.97 Å². The van der Waals surface area contributed by atoms with Crippen molar-refractivity contribution in [2.45, 2.75) is 12.5 Å². The number of fused-ring (bicyclic) bond motifs is 1. The predicted molar refractivity (Wildman–Crippen MR) is 118 cm³/mol. The predicted octanol–water partition coefficient (Wildman–Crippen LogP) is 3.05. The second-order valence-electron chi connectivity index (χ2n) is 7.79. The highest BCUT2D eigenvalue weighted by molar-refractivity contribution is 5.86. The average molecular weight is 405 g/mol. The van der Waals surface area contributed by atoms with Gasteiger partial charge in [-0.2, -0.15) is 5.10 Å². The Bertz CT molecular complexity index is 1030. The molecule has 6 nitrogen and oxygen atoms in total. The molecule has 4 rings (SSSR count). The molecule has 1 aromatic carbocycles. The Hall–Kier alpha value is -2.96. The summed E-state index contributed by atoms with van der Waals surface area (Å²) in [6.07, 6.45) is 8.20. The van der Waals surface area contributed by atoms with Crippen molar-refractivity contribution in [2.75, 3.05) is 40.3 Å². The maximum absolute atomic E-state index is 11.3. The third-order valence-corrected chi connectivity index (χ3v) is 5.80. The number of nitrogens with zero attached hydrogens (tertiary/aromatic N) is 4. The van der Waals surface area contributed by atoms with E-state index in [-0.39, 0.29) is 5.97 Å². The number of methoxy groups -OCH3 is 1. The number of carbonyl (C=O) groups is 1. The van der Waals surface area contributed by atoms with Crippen LogP contribution in [0.2, 0.25) is 0 Å². The minimum atomic E-state index is -0.341. The van der Waals surface area contributed by atoms with Crippen molar-refractivity contribution in [3.05, 3.63) is 77.6 Å². The van der Waals surface area contributed by atoms with Gasteiger partial charge in [0.25, 0.3) is 0 Å². The van der Waals surface area contributed by atoms with E-state index in [0.717, 1.165) is 38.2 Å². The number of pyridine rings is 1. The van der Waals surface area contributed by atoms with Crippen LogP contribution in [0.25, 0.3) is 11.6 Å². The lowest BCUT2D eigenvalue weighted by Crippen LogP contribution is -2.47. The van der Waals surface area contributed by atoms with Crippen molar-refractivity contribution in [2.24, 2.45) is 0 Å². The van der Waals surface area contributed by atoms with Crippen molar-refractivity contribution >= 4 is 17.6 Å². The van der Waals surface area contributed by atoms with E-state index in [1.54, 1.807) is 6.08 Å². The number of carbonyl (C=O) groups excluding carboxylic acids is 1. The van der Waals surface area contributed by atoms with E-state index in [1.165, 1.54) is 29.8 Å². The molecule has 0 saturated carbocycles. The molecule has 1 unspecified atom stereocenters. The quantitative estimate of drug-likeness (QED) is 0.467. The van der Waals surface area contributed by atoms with Gasteiger partial charge in [-0.05, 0) is 48.4 Å². The van der Waals surface area contributed by atoms with Crippen LogP contribution in [0.15, 0.2) is 60.9 Å². The number of likely N-dealkylation sites (N-methyl/N-ethyl adjacent to an activating group) is 1. The van der Waals surface area contributed by atoms with Crippen LogP contribution < -0.4 is 0 Å². The second-order valence-corrected chi connectivity index (χ2v) is 7.79. The summed E-state index contributed by atoms with van der Waals surface area (Å²) in [6, 6.07) is 15.0. The Morgan fingerprint density at radius 2 is 2.03 bits per heavy atom. The zero-order valence-electron chi connectivity index (χ0n) is 17.6. The molecule has 0 spiro atoms. The van der Waals surface area contributed by atoms with Gasteiger partial charge in [-0.3, -0.25) is 4.90 Å². The first-order chi connectivity index (χ1) is 14.6. The lowest BCUT2D eigenvalue weighted by molar-refractivity contribution is -0.134. The van der Waals surface area contributed by atoms with Crippen molar-refractivity contribution in [1.82, 2.24) is 19.4 Å². The van der Waals surface area contributed by atoms with E-state index in [4.69, 9.17) is 0 Å². The van der Waals surface area contributed by atoms with Gasteiger partial charge in [0.05, 0.1) is 18.8 Å². The summed E-state index contributed by atoms with van der Waals surface area (Å²) < 4.78 is 6.60. The van der Waals surface area contributed by atoms with Gasteiger partial charge in [-0.15, -0.1) is 0 Å². The Kier molecular flexibility index (Phi) is 6.26. The summed E-state index contributed by atoms with van der Waals surface area (Å²) in [5.74, 6) is -0.341. The minimum Gasteiger partial charge on any atom is -0.466 e. The standard InChI is InChI=1S/C24H28N4O2/c1-26-15-16-27(14-12-21-17-25-28-13-4-3-5-22(21)28)23(18-26)20-9-6-19(7-10-20)8-11-24(29)30-2/h3-11,13,17,23H,12,14-16,18H2,1-2H3. The minimum absolute atomic E-state index is 0.341. The lowest BCUT2D eigenvalue weighted by atomic mass is 10.00. The number of rotatable bonds is 6. The van der Waals surface area contributed by atoms with E-state index in [0.29, 0.717) is 6.04 Å². The average Bonchev–Trinajstić information content (AvgIpc) is 3.20. The Morgan fingerprint density at radius 1 is 1.20 bits per heavy atom. The second kappa shape index (κ2) is 9.24. The summed E-state index contributed by atoms with van der Waals surface area (Å²) in [5, 5.41) is 4.47. The third-order valence-electron chi connectivity index (χ3n) is 5.80. The van der Waals surface area contributed by atoms with Crippen LogP contribution >= 0.6 is 0 Å². The largest absolute Gasteiger partial charge is 0.466 e. The molecule has 0 aliphatic carbocycles. The fraction of sp³-hybridized carbons (Fsp3) is 0.333. The van der Waals surface area contributed by atoms with E-state index < -0.39 is 0 Å². The molecule has 0 amide bonds. The van der Waals surface area contributed by atoms with Gasteiger partial charge in [0.1, 0.15) is 0 Å². The van der Waals surface area contributed by atoms with Crippen molar-refractivity contribution in [3.8, 4) is 0 Å². The molecule has 1 aliphatic rings. The van der Waals surface area contributed by atoms with Crippen LogP contribution in [0.4, 0.5) is 0 Å². The van der Waals surface area contributed by atoms with E-state index in [2.05, 4.69) is 63.1 Å². The van der Waals surface area contributed by atoms with Crippen molar-refractivity contribution < 1.29 is 9.53 Å². The molecule has 1 atom stereocenters. The molecule has 1 fully saturated rings. The van der Waals surface area contributed by atoms with E-state index >= 15 is 0 Å². The van der Waals surface area contributed by atoms with Gasteiger partial charge in [0.15, 0.2) is 0 Å². The molecule has 30 heavy (non-hydrogen) atoms. The number of hydrogen-bond donors (Lipinski definition) is 0. The summed E-state index contributed by atoms with van der Waals surface area (Å²) in [4.78, 5) is 16.3. The number of piperazine rings is 1. The Labute approximate surface area is 177 Å². The molecular weight excluding hydrogens is 376 g/mol. The van der Waals surface area contributed by atoms with E-state index in [9.17, 15) is 4.79 Å². The highest BCUT2D eigenvalue weighted by Crippen LogP contribution is 2.26. The summed E-state index contributed by atoms with van der Waals surface area (Å²) in [5.41, 5.74) is 4.77. The highest BCUT2D eigenvalue weighted by Gasteiger charge is 2.26. The molecule has 2 aromatic heterocycles. The van der Waals surface area contributed by atoms with Crippen LogP contribution in [-0.4, -0.2) is 65.7 Å². The normalized spacial score (nSPS) is 18.3. The van der Waals surface area contributed by atoms with Crippen LogP contribution in [0.1, 0.15) is 22.7 Å². The van der Waals surface area contributed by atoms with Crippen LogP contribution in [0, 0.1) is 0 Å². The first kappa shape index (κ1) is 20.3. The number of esters is 1. The highest BCUT2D eigenvalue weighted by atomic mass is 16.5. The number of aromatic nitrogens is 2. The molecule has 3 heterocycles. The first-order valence-corrected chi connectivity index (χ1v) is 10.3. The fourth-order valence-electron chi connectivity index (χ4n) is 4.05. The van der Waals surface area contributed by atoms with Gasteiger partial charge < -0.3 is 9.64 Å². The molecular formula is C24H28N4O2. The molecule has 0 radical (unpaired) electrons. The van der Waals surface area contributed by atoms with Crippen LogP contribution in [-0.2, 0) is 16.0 Å². The van der Waals surface area contributed by atoms with Gasteiger partial charge in [0.2, 0.25) is 0 Å². The zero-order valence-corrected chi connectivity index (χ0v) is 17.6. The number of hydrogen-bond acceptors (Lipinski definition) is 5.